The number of phenols is 1. The van der Waals surface area contributed by atoms with Gasteiger partial charge in [0.25, 0.3) is 5.91 Å². The smallest absolute Gasteiger partial charge is 0.273 e. The fourth-order valence-electron chi connectivity index (χ4n) is 2.06. The Bertz CT molecular complexity index is 807. The van der Waals surface area contributed by atoms with Crippen molar-refractivity contribution in [3.8, 4) is 5.75 Å². The maximum absolute atomic E-state index is 12.1. The van der Waals surface area contributed by atoms with E-state index in [1.54, 1.807) is 30.6 Å². The highest BCUT2D eigenvalue weighted by molar-refractivity contribution is 6.07. The maximum Gasteiger partial charge on any atom is 0.273 e. The van der Waals surface area contributed by atoms with Crippen molar-refractivity contribution in [1.82, 2.24) is 10.4 Å². The summed E-state index contributed by atoms with van der Waals surface area (Å²) >= 11 is 0. The average molecular weight is 279 g/mol. The first-order valence-corrected chi connectivity index (χ1v) is 6.42. The molecule has 3 N–H and O–H groups in total. The second-order valence-corrected chi connectivity index (χ2v) is 4.54. The van der Waals surface area contributed by atoms with Crippen molar-refractivity contribution in [2.45, 2.75) is 0 Å². The Balaban J connectivity index is 1.78. The third-order valence-electron chi connectivity index (χ3n) is 3.09. The number of nitrogens with zero attached hydrogens (tertiary/aromatic N) is 1. The van der Waals surface area contributed by atoms with Crippen molar-refractivity contribution in [2.75, 3.05) is 0 Å². The highest BCUT2D eigenvalue weighted by Crippen LogP contribution is 2.22. The minimum Gasteiger partial charge on any atom is -0.508 e. The Kier molecular flexibility index (Phi) is 3.39. The van der Waals surface area contributed by atoms with E-state index in [-0.39, 0.29) is 11.7 Å². The van der Waals surface area contributed by atoms with Crippen molar-refractivity contribution in [1.29, 1.82) is 0 Å². The molecule has 21 heavy (non-hydrogen) atoms. The van der Waals surface area contributed by atoms with E-state index in [9.17, 15) is 9.90 Å². The lowest BCUT2D eigenvalue weighted by atomic mass is 10.1. The summed E-state index contributed by atoms with van der Waals surface area (Å²) in [5.74, 6) is -0.219. The van der Waals surface area contributed by atoms with E-state index in [1.165, 1.54) is 0 Å². The number of hydrazone groups is 1. The van der Waals surface area contributed by atoms with Gasteiger partial charge in [-0.05, 0) is 23.8 Å². The third-order valence-corrected chi connectivity index (χ3v) is 3.09. The zero-order valence-corrected chi connectivity index (χ0v) is 11.1. The highest BCUT2D eigenvalue weighted by Gasteiger charge is 2.11. The van der Waals surface area contributed by atoms with Gasteiger partial charge in [-0.1, -0.05) is 30.3 Å². The van der Waals surface area contributed by atoms with Crippen LogP contribution in [-0.2, 0) is 0 Å². The van der Waals surface area contributed by atoms with Gasteiger partial charge in [0.1, 0.15) is 5.75 Å². The number of amides is 1. The molecule has 0 saturated heterocycles. The molecule has 3 aromatic rings. The van der Waals surface area contributed by atoms with Crippen LogP contribution in [0.1, 0.15) is 15.9 Å². The summed E-state index contributed by atoms with van der Waals surface area (Å²) in [5.41, 5.74) is 4.59. The van der Waals surface area contributed by atoms with Crippen LogP contribution >= 0.6 is 0 Å². The first kappa shape index (κ1) is 12.9. The van der Waals surface area contributed by atoms with Crippen LogP contribution in [-0.4, -0.2) is 22.2 Å². The average Bonchev–Trinajstić information content (AvgIpc) is 2.91. The van der Waals surface area contributed by atoms with Gasteiger partial charge in [-0.3, -0.25) is 4.79 Å². The number of hydrogen-bond donors (Lipinski definition) is 3. The van der Waals surface area contributed by atoms with Crippen LogP contribution in [0.25, 0.3) is 10.9 Å². The normalized spacial score (nSPS) is 11.0. The van der Waals surface area contributed by atoms with Crippen LogP contribution in [0.4, 0.5) is 0 Å². The van der Waals surface area contributed by atoms with Crippen molar-refractivity contribution in [3.05, 3.63) is 65.9 Å². The van der Waals surface area contributed by atoms with E-state index >= 15 is 0 Å². The molecule has 0 aliphatic rings. The van der Waals surface area contributed by atoms with Crippen LogP contribution in [0.2, 0.25) is 0 Å². The topological polar surface area (TPSA) is 77.5 Å². The molecule has 0 saturated carbocycles. The number of rotatable bonds is 3. The number of hydrogen-bond acceptors (Lipinski definition) is 3. The number of nitrogens with one attached hydrogen (secondary N) is 2. The Labute approximate surface area is 120 Å². The molecular formula is C16H13N3O2. The largest absolute Gasteiger partial charge is 0.508 e. The van der Waals surface area contributed by atoms with Gasteiger partial charge in [0.05, 0.1) is 11.8 Å². The van der Waals surface area contributed by atoms with Gasteiger partial charge in [-0.15, -0.1) is 0 Å². The summed E-state index contributed by atoms with van der Waals surface area (Å²) in [6.45, 7) is 0. The Hall–Kier alpha value is -3.08. The number of carbonyl (C=O) groups is 1. The standard InChI is InChI=1S/C16H13N3O2/c20-12-6-7-15-13(8-12)14(10-17-15)16(21)19-18-9-11-4-2-1-3-5-11/h1-10,17,20H,(H,19,21)/b18-9+. The second-order valence-electron chi connectivity index (χ2n) is 4.54. The van der Waals surface area contributed by atoms with Crippen LogP contribution in [0.15, 0.2) is 59.8 Å². The minimum atomic E-state index is -0.334. The lowest BCUT2D eigenvalue weighted by Gasteiger charge is -1.99. The molecule has 0 unspecified atom stereocenters. The monoisotopic (exact) mass is 279 g/mol. The fraction of sp³-hybridized carbons (Fsp3) is 0. The van der Waals surface area contributed by atoms with Gasteiger partial charge in [0.2, 0.25) is 0 Å². The number of aromatic amines is 1. The molecule has 0 atom stereocenters. The van der Waals surface area contributed by atoms with Gasteiger partial charge in [-0.2, -0.15) is 5.10 Å². The summed E-state index contributed by atoms with van der Waals surface area (Å²) in [6.07, 6.45) is 3.17. The first-order chi connectivity index (χ1) is 10.2. The summed E-state index contributed by atoms with van der Waals surface area (Å²) in [5, 5.41) is 14.1. The molecule has 104 valence electrons. The van der Waals surface area contributed by atoms with Crippen LogP contribution in [0, 0.1) is 0 Å². The zero-order chi connectivity index (χ0) is 14.7. The molecule has 1 heterocycles. The molecule has 5 nitrogen and oxygen atoms in total. The van der Waals surface area contributed by atoms with Gasteiger partial charge < -0.3 is 10.1 Å². The summed E-state index contributed by atoms with van der Waals surface area (Å²) in [4.78, 5) is 15.1. The molecule has 0 bridgehead atoms. The molecule has 1 aromatic heterocycles. The van der Waals surface area contributed by atoms with Crippen LogP contribution in [0.3, 0.4) is 0 Å². The summed E-state index contributed by atoms with van der Waals surface area (Å²) in [6, 6.07) is 14.3. The van der Waals surface area contributed by atoms with E-state index in [2.05, 4.69) is 15.5 Å². The van der Waals surface area contributed by atoms with E-state index in [0.717, 1.165) is 11.1 Å². The molecule has 1 amide bonds. The molecule has 2 aromatic carbocycles. The quantitative estimate of drug-likeness (QED) is 0.509. The Morgan fingerprint density at radius 2 is 2.00 bits per heavy atom. The molecule has 0 spiro atoms. The SMILES string of the molecule is O=C(N/N=C/c1ccccc1)c1c[nH]c2ccc(O)cc12. The predicted molar refractivity (Wildman–Crippen MR) is 81.5 cm³/mol. The molecule has 3 rings (SSSR count). The fourth-order valence-corrected chi connectivity index (χ4v) is 2.06. The van der Waals surface area contributed by atoms with E-state index in [4.69, 9.17) is 0 Å². The van der Waals surface area contributed by atoms with E-state index < -0.39 is 0 Å². The number of fused-ring (bicyclic) bond motifs is 1. The van der Waals surface area contributed by atoms with Gasteiger partial charge in [-0.25, -0.2) is 5.43 Å². The number of aromatic hydroxyl groups is 1. The van der Waals surface area contributed by atoms with Gasteiger partial charge >= 0.3 is 0 Å². The number of benzene rings is 2. The molecule has 0 aliphatic heterocycles. The van der Waals surface area contributed by atoms with Crippen molar-refractivity contribution < 1.29 is 9.90 Å². The molecule has 0 aliphatic carbocycles. The summed E-state index contributed by atoms with van der Waals surface area (Å²) in [7, 11) is 0. The number of aromatic nitrogens is 1. The van der Waals surface area contributed by atoms with E-state index in [0.29, 0.717) is 10.9 Å². The predicted octanol–water partition coefficient (Wildman–Crippen LogP) is 2.64. The van der Waals surface area contributed by atoms with Crippen LogP contribution < -0.4 is 5.43 Å². The van der Waals surface area contributed by atoms with Crippen molar-refractivity contribution in [3.63, 3.8) is 0 Å². The van der Waals surface area contributed by atoms with Crippen molar-refractivity contribution >= 4 is 23.0 Å². The van der Waals surface area contributed by atoms with Crippen LogP contribution in [0.5, 0.6) is 5.75 Å². The first-order valence-electron chi connectivity index (χ1n) is 6.42. The summed E-state index contributed by atoms with van der Waals surface area (Å²) < 4.78 is 0. The number of carbonyl (C=O) groups excluding carboxylic acids is 1. The van der Waals surface area contributed by atoms with Gasteiger partial charge in [0, 0.05) is 17.1 Å². The third kappa shape index (κ3) is 2.76. The lowest BCUT2D eigenvalue weighted by Crippen LogP contribution is -2.17. The number of phenolic OH excluding ortho intramolecular Hbond substituents is 1. The molecule has 5 heteroatoms. The van der Waals surface area contributed by atoms with Gasteiger partial charge in [0.15, 0.2) is 0 Å². The molecule has 0 fully saturated rings. The Morgan fingerprint density at radius 3 is 2.81 bits per heavy atom. The lowest BCUT2D eigenvalue weighted by molar-refractivity contribution is 0.0957. The molecule has 0 radical (unpaired) electrons. The second kappa shape index (κ2) is 5.50. The molecular weight excluding hydrogens is 266 g/mol. The minimum absolute atomic E-state index is 0.115. The maximum atomic E-state index is 12.1. The zero-order valence-electron chi connectivity index (χ0n) is 11.1. The number of H-pyrrole nitrogens is 1. The Morgan fingerprint density at radius 1 is 1.19 bits per heavy atom. The van der Waals surface area contributed by atoms with Crippen molar-refractivity contribution in [2.24, 2.45) is 5.10 Å². The van der Waals surface area contributed by atoms with E-state index in [1.807, 2.05) is 30.3 Å². The highest BCUT2D eigenvalue weighted by atomic mass is 16.3.